The van der Waals surface area contributed by atoms with Crippen molar-refractivity contribution in [3.63, 3.8) is 0 Å². The van der Waals surface area contributed by atoms with Crippen LogP contribution in [-0.4, -0.2) is 45.7 Å². The molecular formula is C19H23N3O4. The third-order valence-electron chi connectivity index (χ3n) is 4.43. The zero-order chi connectivity index (χ0) is 19.4. The number of aromatic nitrogens is 2. The third-order valence-corrected chi connectivity index (χ3v) is 4.43. The molecule has 1 amide bonds. The standard InChI is InChI=1S/C19H23N3O4/c1-11-16(12(2)21-17(11)19(25)26-5)18(24)13(3)22(14(4)23)10-15-6-8-20-9-7-15/h6-9,13,21H,10H2,1-5H3/t13-/m1/s1. The number of amides is 1. The number of rotatable bonds is 6. The van der Waals surface area contributed by atoms with E-state index in [0.717, 1.165) is 5.56 Å². The summed E-state index contributed by atoms with van der Waals surface area (Å²) < 4.78 is 4.74. The van der Waals surface area contributed by atoms with Crippen LogP contribution in [0.25, 0.3) is 0 Å². The van der Waals surface area contributed by atoms with Crippen LogP contribution in [-0.2, 0) is 16.1 Å². The molecule has 0 radical (unpaired) electrons. The molecule has 2 rings (SSSR count). The third kappa shape index (κ3) is 3.82. The predicted octanol–water partition coefficient (Wildman–Crippen LogP) is 2.43. The Morgan fingerprint density at radius 2 is 1.85 bits per heavy atom. The molecule has 0 spiro atoms. The fourth-order valence-electron chi connectivity index (χ4n) is 2.98. The highest BCUT2D eigenvalue weighted by atomic mass is 16.5. The van der Waals surface area contributed by atoms with Gasteiger partial charge in [0, 0.05) is 37.1 Å². The van der Waals surface area contributed by atoms with Crippen molar-refractivity contribution in [2.45, 2.75) is 40.3 Å². The number of hydrogen-bond acceptors (Lipinski definition) is 5. The van der Waals surface area contributed by atoms with Crippen LogP contribution in [0.2, 0.25) is 0 Å². The maximum atomic E-state index is 13.1. The molecule has 0 aliphatic carbocycles. The van der Waals surface area contributed by atoms with Crippen LogP contribution in [0.15, 0.2) is 24.5 Å². The average molecular weight is 357 g/mol. The lowest BCUT2D eigenvalue weighted by atomic mass is 9.99. The Bertz CT molecular complexity index is 827. The van der Waals surface area contributed by atoms with E-state index in [0.29, 0.717) is 23.4 Å². The van der Waals surface area contributed by atoms with Gasteiger partial charge in [-0.15, -0.1) is 0 Å². The smallest absolute Gasteiger partial charge is 0.354 e. The van der Waals surface area contributed by atoms with Gasteiger partial charge in [0.1, 0.15) is 5.69 Å². The molecule has 1 N–H and O–H groups in total. The molecular weight excluding hydrogens is 334 g/mol. The Morgan fingerprint density at radius 3 is 2.38 bits per heavy atom. The lowest BCUT2D eigenvalue weighted by Gasteiger charge is -2.27. The highest BCUT2D eigenvalue weighted by Crippen LogP contribution is 2.22. The Labute approximate surface area is 152 Å². The number of pyridine rings is 1. The molecule has 0 saturated carbocycles. The number of methoxy groups -OCH3 is 1. The Kier molecular flexibility index (Phi) is 5.92. The number of aromatic amines is 1. The average Bonchev–Trinajstić information content (AvgIpc) is 2.92. The largest absolute Gasteiger partial charge is 0.464 e. The lowest BCUT2D eigenvalue weighted by Crippen LogP contribution is -2.42. The minimum absolute atomic E-state index is 0.207. The zero-order valence-corrected chi connectivity index (χ0v) is 15.6. The molecule has 2 aromatic heterocycles. The summed E-state index contributed by atoms with van der Waals surface area (Å²) in [6, 6.07) is 2.92. The minimum atomic E-state index is -0.681. The molecule has 0 bridgehead atoms. The van der Waals surface area contributed by atoms with Gasteiger partial charge in [-0.05, 0) is 44.0 Å². The van der Waals surface area contributed by atoms with Crippen molar-refractivity contribution in [2.75, 3.05) is 7.11 Å². The molecule has 0 aliphatic heterocycles. The molecule has 0 saturated heterocycles. The number of Topliss-reactive ketones (excluding diaryl/α,β-unsaturated/α-hetero) is 1. The van der Waals surface area contributed by atoms with Gasteiger partial charge < -0.3 is 14.6 Å². The molecule has 1 atom stereocenters. The topological polar surface area (TPSA) is 92.4 Å². The summed E-state index contributed by atoms with van der Waals surface area (Å²) in [4.78, 5) is 45.4. The summed E-state index contributed by atoms with van der Waals surface area (Å²) in [5, 5.41) is 0. The van der Waals surface area contributed by atoms with E-state index in [1.807, 2.05) is 0 Å². The summed E-state index contributed by atoms with van der Waals surface area (Å²) in [7, 11) is 1.29. The van der Waals surface area contributed by atoms with Crippen LogP contribution in [0.4, 0.5) is 0 Å². The van der Waals surface area contributed by atoms with Gasteiger partial charge in [0.15, 0.2) is 5.78 Å². The van der Waals surface area contributed by atoms with Crippen molar-refractivity contribution in [1.82, 2.24) is 14.9 Å². The van der Waals surface area contributed by atoms with E-state index >= 15 is 0 Å². The highest BCUT2D eigenvalue weighted by molar-refractivity contribution is 6.06. The first-order valence-corrected chi connectivity index (χ1v) is 8.25. The Balaban J connectivity index is 2.33. The van der Waals surface area contributed by atoms with Crippen LogP contribution < -0.4 is 0 Å². The number of aryl methyl sites for hydroxylation is 1. The van der Waals surface area contributed by atoms with Crippen molar-refractivity contribution >= 4 is 17.7 Å². The van der Waals surface area contributed by atoms with Gasteiger partial charge >= 0.3 is 5.97 Å². The molecule has 2 heterocycles. The maximum absolute atomic E-state index is 13.1. The fraction of sp³-hybridized carbons (Fsp3) is 0.368. The van der Waals surface area contributed by atoms with Crippen LogP contribution in [0, 0.1) is 13.8 Å². The van der Waals surface area contributed by atoms with Crippen LogP contribution in [0.3, 0.4) is 0 Å². The molecule has 0 unspecified atom stereocenters. The predicted molar refractivity (Wildman–Crippen MR) is 95.9 cm³/mol. The molecule has 7 nitrogen and oxygen atoms in total. The summed E-state index contributed by atoms with van der Waals surface area (Å²) in [5.41, 5.74) is 2.65. The summed E-state index contributed by atoms with van der Waals surface area (Å²) in [5.74, 6) is -0.963. The van der Waals surface area contributed by atoms with E-state index in [1.165, 1.54) is 18.9 Å². The van der Waals surface area contributed by atoms with Crippen molar-refractivity contribution in [3.05, 3.63) is 52.6 Å². The lowest BCUT2D eigenvalue weighted by molar-refractivity contribution is -0.130. The van der Waals surface area contributed by atoms with Gasteiger partial charge in [0.25, 0.3) is 0 Å². The second-order valence-electron chi connectivity index (χ2n) is 6.16. The quantitative estimate of drug-likeness (QED) is 0.633. The molecule has 26 heavy (non-hydrogen) atoms. The molecule has 0 fully saturated rings. The van der Waals surface area contributed by atoms with Gasteiger partial charge in [-0.3, -0.25) is 14.6 Å². The second kappa shape index (κ2) is 7.95. The zero-order valence-electron chi connectivity index (χ0n) is 15.6. The van der Waals surface area contributed by atoms with E-state index in [1.54, 1.807) is 45.3 Å². The molecule has 138 valence electrons. The van der Waals surface area contributed by atoms with Gasteiger partial charge in [0.2, 0.25) is 5.91 Å². The van der Waals surface area contributed by atoms with E-state index in [2.05, 4.69) is 9.97 Å². The molecule has 0 aromatic carbocycles. The van der Waals surface area contributed by atoms with Gasteiger partial charge in [-0.1, -0.05) is 0 Å². The molecule has 2 aromatic rings. The van der Waals surface area contributed by atoms with Crippen molar-refractivity contribution in [3.8, 4) is 0 Å². The van der Waals surface area contributed by atoms with E-state index in [-0.39, 0.29) is 17.4 Å². The molecule has 0 aliphatic rings. The maximum Gasteiger partial charge on any atom is 0.354 e. The van der Waals surface area contributed by atoms with Crippen LogP contribution in [0.5, 0.6) is 0 Å². The SMILES string of the molecule is COC(=O)c1[nH]c(C)c(C(=O)[C@@H](C)N(Cc2ccncc2)C(C)=O)c1C. The number of ether oxygens (including phenoxy) is 1. The van der Waals surface area contributed by atoms with E-state index in [9.17, 15) is 14.4 Å². The second-order valence-corrected chi connectivity index (χ2v) is 6.16. The monoisotopic (exact) mass is 357 g/mol. The first kappa shape index (κ1) is 19.4. The van der Waals surface area contributed by atoms with Crippen molar-refractivity contribution in [1.29, 1.82) is 0 Å². The Morgan fingerprint density at radius 1 is 1.23 bits per heavy atom. The number of nitrogens with zero attached hydrogens (tertiary/aromatic N) is 2. The van der Waals surface area contributed by atoms with Gasteiger partial charge in [-0.25, -0.2) is 4.79 Å². The number of ketones is 1. The number of esters is 1. The summed E-state index contributed by atoms with van der Waals surface area (Å²) in [6.07, 6.45) is 3.28. The number of H-pyrrole nitrogens is 1. The van der Waals surface area contributed by atoms with Gasteiger partial charge in [-0.2, -0.15) is 0 Å². The van der Waals surface area contributed by atoms with E-state index < -0.39 is 12.0 Å². The van der Waals surface area contributed by atoms with Crippen molar-refractivity contribution < 1.29 is 19.1 Å². The number of hydrogen-bond donors (Lipinski definition) is 1. The minimum Gasteiger partial charge on any atom is -0.464 e. The number of carbonyl (C=O) groups excluding carboxylic acids is 3. The summed E-state index contributed by atoms with van der Waals surface area (Å²) >= 11 is 0. The first-order chi connectivity index (χ1) is 12.3. The van der Waals surface area contributed by atoms with Crippen LogP contribution >= 0.6 is 0 Å². The number of carbonyl (C=O) groups is 3. The van der Waals surface area contributed by atoms with Gasteiger partial charge in [0.05, 0.1) is 13.2 Å². The molecule has 7 heteroatoms. The number of nitrogens with one attached hydrogen (secondary N) is 1. The highest BCUT2D eigenvalue weighted by Gasteiger charge is 2.30. The van der Waals surface area contributed by atoms with Crippen molar-refractivity contribution in [2.24, 2.45) is 0 Å². The fourth-order valence-corrected chi connectivity index (χ4v) is 2.98. The van der Waals surface area contributed by atoms with Crippen LogP contribution in [0.1, 0.15) is 51.5 Å². The summed E-state index contributed by atoms with van der Waals surface area (Å²) in [6.45, 7) is 6.84. The van der Waals surface area contributed by atoms with E-state index in [4.69, 9.17) is 4.74 Å². The normalized spacial score (nSPS) is 11.7. The first-order valence-electron chi connectivity index (χ1n) is 8.25. The Hall–Kier alpha value is -2.96.